The van der Waals surface area contributed by atoms with Crippen LogP contribution in [0.4, 0.5) is 5.69 Å². The molecule has 3 rings (SSSR count). The van der Waals surface area contributed by atoms with Gasteiger partial charge >= 0.3 is 0 Å². The molecule has 1 amide bonds. The Morgan fingerprint density at radius 3 is 2.19 bits per heavy atom. The smallest absolute Gasteiger partial charge is 0.237 e. The molecule has 21 heavy (non-hydrogen) atoms. The van der Waals surface area contributed by atoms with Gasteiger partial charge < -0.3 is 4.90 Å². The second-order valence-corrected chi connectivity index (χ2v) is 5.84. The summed E-state index contributed by atoms with van der Waals surface area (Å²) in [5.74, 6) is 0.535. The highest BCUT2D eigenvalue weighted by molar-refractivity contribution is 6.04. The molecule has 0 N–H and O–H groups in total. The quantitative estimate of drug-likeness (QED) is 0.831. The van der Waals surface area contributed by atoms with Gasteiger partial charge in [0.2, 0.25) is 5.91 Å². The van der Waals surface area contributed by atoms with Gasteiger partial charge in [-0.25, -0.2) is 0 Å². The summed E-state index contributed by atoms with van der Waals surface area (Å²) >= 11 is 0. The molecule has 108 valence electrons. The van der Waals surface area contributed by atoms with Crippen LogP contribution in [0.5, 0.6) is 0 Å². The molecule has 0 bridgehead atoms. The molecule has 0 aromatic heterocycles. The van der Waals surface area contributed by atoms with Crippen molar-refractivity contribution >= 4 is 11.6 Å². The topological polar surface area (TPSA) is 20.3 Å². The summed E-state index contributed by atoms with van der Waals surface area (Å²) in [7, 11) is 0. The zero-order valence-corrected chi connectivity index (χ0v) is 12.6. The third-order valence-electron chi connectivity index (χ3n) is 4.84. The van der Waals surface area contributed by atoms with Gasteiger partial charge in [0.15, 0.2) is 0 Å². The highest BCUT2D eigenvalue weighted by Crippen LogP contribution is 2.44. The summed E-state index contributed by atoms with van der Waals surface area (Å²) in [4.78, 5) is 15.1. The molecule has 2 unspecified atom stereocenters. The number of rotatable bonds is 3. The molecule has 0 spiro atoms. The molecule has 2 atom stereocenters. The molecule has 1 fully saturated rings. The second-order valence-electron chi connectivity index (χ2n) is 5.84. The molecular weight excluding hydrogens is 258 g/mol. The van der Waals surface area contributed by atoms with Crippen LogP contribution in [-0.2, 0) is 10.2 Å². The van der Waals surface area contributed by atoms with Gasteiger partial charge in [-0.3, -0.25) is 4.79 Å². The highest BCUT2D eigenvalue weighted by Gasteiger charge is 2.52. The summed E-state index contributed by atoms with van der Waals surface area (Å²) in [5, 5.41) is 0. The predicted octanol–water partition coefficient (Wildman–Crippen LogP) is 4.02. The average Bonchev–Trinajstić information content (AvgIpc) is 2.81. The van der Waals surface area contributed by atoms with Crippen molar-refractivity contribution in [2.75, 3.05) is 11.4 Å². The van der Waals surface area contributed by atoms with E-state index in [0.717, 1.165) is 24.2 Å². The Morgan fingerprint density at radius 2 is 1.62 bits per heavy atom. The number of nitrogens with zero attached hydrogens (tertiary/aromatic N) is 1. The maximum absolute atomic E-state index is 13.2. The van der Waals surface area contributed by atoms with E-state index in [4.69, 9.17) is 0 Å². The first kappa shape index (κ1) is 13.9. The van der Waals surface area contributed by atoms with Crippen LogP contribution >= 0.6 is 0 Å². The minimum absolute atomic E-state index is 0.231. The first-order valence-electron chi connectivity index (χ1n) is 7.62. The molecule has 0 saturated carbocycles. The van der Waals surface area contributed by atoms with E-state index in [1.165, 1.54) is 0 Å². The zero-order valence-electron chi connectivity index (χ0n) is 12.6. The van der Waals surface area contributed by atoms with E-state index in [1.807, 2.05) is 53.4 Å². The normalized spacial score (nSPS) is 25.3. The summed E-state index contributed by atoms with van der Waals surface area (Å²) in [6.45, 7) is 5.10. The first-order chi connectivity index (χ1) is 10.2. The van der Waals surface area contributed by atoms with E-state index in [0.29, 0.717) is 5.92 Å². The minimum atomic E-state index is -0.392. The Hall–Kier alpha value is -2.09. The molecular formula is C19H21NO. The number of carbonyl (C=O) groups is 1. The fourth-order valence-electron chi connectivity index (χ4n) is 3.64. The molecule has 2 nitrogen and oxygen atoms in total. The van der Waals surface area contributed by atoms with Gasteiger partial charge in [0.25, 0.3) is 0 Å². The predicted molar refractivity (Wildman–Crippen MR) is 86.4 cm³/mol. The van der Waals surface area contributed by atoms with Crippen LogP contribution in [0.25, 0.3) is 0 Å². The lowest BCUT2D eigenvalue weighted by Crippen LogP contribution is -2.39. The summed E-state index contributed by atoms with van der Waals surface area (Å²) in [6.07, 6.45) is 0.834. The van der Waals surface area contributed by atoms with Crippen LogP contribution in [0.1, 0.15) is 25.8 Å². The molecule has 1 aliphatic heterocycles. The van der Waals surface area contributed by atoms with Crippen LogP contribution in [-0.4, -0.2) is 12.5 Å². The Bertz CT molecular complexity index is 623. The number of carbonyl (C=O) groups excluding carboxylic acids is 1. The summed E-state index contributed by atoms with van der Waals surface area (Å²) in [5.41, 5.74) is 1.75. The van der Waals surface area contributed by atoms with Crippen LogP contribution in [0.2, 0.25) is 0 Å². The van der Waals surface area contributed by atoms with Crippen molar-refractivity contribution in [1.29, 1.82) is 0 Å². The van der Waals surface area contributed by atoms with E-state index in [-0.39, 0.29) is 5.91 Å². The molecule has 2 aromatic rings. The van der Waals surface area contributed by atoms with Crippen molar-refractivity contribution in [3.05, 3.63) is 66.2 Å². The van der Waals surface area contributed by atoms with E-state index >= 15 is 0 Å². The first-order valence-corrected chi connectivity index (χ1v) is 7.62. The van der Waals surface area contributed by atoms with E-state index in [9.17, 15) is 4.79 Å². The highest BCUT2D eigenvalue weighted by atomic mass is 16.2. The molecule has 0 radical (unpaired) electrons. The van der Waals surface area contributed by atoms with Crippen LogP contribution < -0.4 is 4.90 Å². The standard InChI is InChI=1S/C19H21NO/c1-3-19(16-10-6-4-7-11-16)15(2)14-20(18(19)21)17-12-8-5-9-13-17/h4-13,15H,3,14H2,1-2H3. The Kier molecular flexibility index (Phi) is 3.54. The van der Waals surface area contributed by atoms with Gasteiger partial charge in [0.1, 0.15) is 0 Å². The number of para-hydroxylation sites is 1. The Labute approximate surface area is 126 Å². The van der Waals surface area contributed by atoms with Gasteiger partial charge in [-0.05, 0) is 30.0 Å². The second kappa shape index (κ2) is 5.36. The van der Waals surface area contributed by atoms with E-state index in [1.54, 1.807) is 0 Å². The number of anilines is 1. The zero-order chi connectivity index (χ0) is 14.9. The molecule has 2 aromatic carbocycles. The lowest BCUT2D eigenvalue weighted by atomic mass is 9.71. The Morgan fingerprint density at radius 1 is 1.05 bits per heavy atom. The largest absolute Gasteiger partial charge is 0.311 e. The summed E-state index contributed by atoms with van der Waals surface area (Å²) < 4.78 is 0. The van der Waals surface area contributed by atoms with E-state index in [2.05, 4.69) is 26.0 Å². The van der Waals surface area contributed by atoms with Gasteiger partial charge in [-0.15, -0.1) is 0 Å². The minimum Gasteiger partial charge on any atom is -0.311 e. The van der Waals surface area contributed by atoms with Crippen molar-refractivity contribution in [1.82, 2.24) is 0 Å². The third-order valence-corrected chi connectivity index (χ3v) is 4.84. The molecule has 0 aliphatic carbocycles. The van der Waals surface area contributed by atoms with Crippen molar-refractivity contribution in [2.24, 2.45) is 5.92 Å². The lowest BCUT2D eigenvalue weighted by molar-refractivity contribution is -0.122. The number of benzene rings is 2. The third kappa shape index (κ3) is 2.06. The number of hydrogen-bond donors (Lipinski definition) is 0. The maximum atomic E-state index is 13.2. The maximum Gasteiger partial charge on any atom is 0.237 e. The van der Waals surface area contributed by atoms with Gasteiger partial charge in [0.05, 0.1) is 5.41 Å². The van der Waals surface area contributed by atoms with Gasteiger partial charge in [0, 0.05) is 12.2 Å². The van der Waals surface area contributed by atoms with Crippen molar-refractivity contribution in [3.8, 4) is 0 Å². The molecule has 1 heterocycles. The van der Waals surface area contributed by atoms with Crippen LogP contribution in [0, 0.1) is 5.92 Å². The molecule has 2 heteroatoms. The Balaban J connectivity index is 2.05. The SMILES string of the molecule is CCC1(c2ccccc2)C(=O)N(c2ccccc2)CC1C. The average molecular weight is 279 g/mol. The summed E-state index contributed by atoms with van der Waals surface area (Å²) in [6, 6.07) is 20.2. The van der Waals surface area contributed by atoms with Gasteiger partial charge in [-0.1, -0.05) is 62.4 Å². The number of hydrogen-bond acceptors (Lipinski definition) is 1. The fraction of sp³-hybridized carbons (Fsp3) is 0.316. The fourth-order valence-corrected chi connectivity index (χ4v) is 3.64. The lowest BCUT2D eigenvalue weighted by Gasteiger charge is -2.30. The van der Waals surface area contributed by atoms with Gasteiger partial charge in [-0.2, -0.15) is 0 Å². The number of amides is 1. The van der Waals surface area contributed by atoms with Crippen molar-refractivity contribution in [2.45, 2.75) is 25.7 Å². The van der Waals surface area contributed by atoms with Crippen molar-refractivity contribution in [3.63, 3.8) is 0 Å². The monoisotopic (exact) mass is 279 g/mol. The van der Waals surface area contributed by atoms with Crippen LogP contribution in [0.15, 0.2) is 60.7 Å². The molecule has 1 saturated heterocycles. The van der Waals surface area contributed by atoms with Crippen LogP contribution in [0.3, 0.4) is 0 Å². The van der Waals surface area contributed by atoms with E-state index < -0.39 is 5.41 Å². The van der Waals surface area contributed by atoms with Crippen molar-refractivity contribution < 1.29 is 4.79 Å². The molecule has 1 aliphatic rings.